The normalized spacial score (nSPS) is 10.2. The molecular formula is C70H87I6N10O6-. The molecule has 1 amide bonds. The van der Waals surface area contributed by atoms with Crippen LogP contribution in [0.3, 0.4) is 0 Å². The minimum atomic E-state index is -0.331. The van der Waals surface area contributed by atoms with Gasteiger partial charge in [0.1, 0.15) is 34.9 Å². The van der Waals surface area contributed by atoms with Crippen molar-refractivity contribution in [1.29, 1.82) is 0 Å². The van der Waals surface area contributed by atoms with Gasteiger partial charge in [0.15, 0.2) is 0 Å². The average Bonchev–Trinajstić information content (AvgIpc) is 1.82. The van der Waals surface area contributed by atoms with E-state index in [0.717, 1.165) is 143 Å². The molecule has 92 heavy (non-hydrogen) atoms. The standard InChI is InChI=1S/C26H31N3O2.C24H28N4O2.C20H27N3O2.I3.I2.HI/c1-3-31-26(30)14-6-4-5-9-18-29(24-13-7-8-16-27-24)25-20-23(15-17-28-25)22-12-10-11-21(2)19-22;1-19-9-8-10-20(17-19)21-13-15-26-23(18-21)28(22-11-5-6-14-25-22)16-7-3-2-4-12-24(29)27-30;1-3-25-20(24)11-6-4-5-9-15-23(18-10-7-8-13-21-18)19-16-17(2)12-14-22-19;1-3-2;1-2;/h7-8,10-13,15-17,19-20H,3-6,9,14,18H2,1-2H3;5-6,8-11,13-15,17-18,30H,2-4,7,12,16H2,1H3,(H,27,29);7-8,10,12-14,16H,3-6,9,11,15H2,1-2H3;;;1H/q;;;-1;;. The van der Waals surface area contributed by atoms with Crippen LogP contribution >= 0.6 is 98.4 Å². The molecule has 22 heteroatoms. The van der Waals surface area contributed by atoms with Crippen LogP contribution in [0.15, 0.2) is 177 Å². The molecule has 0 aliphatic carbocycles. The summed E-state index contributed by atoms with van der Waals surface area (Å²) in [5.74, 6) is 4.82. The van der Waals surface area contributed by atoms with E-state index >= 15 is 0 Å². The van der Waals surface area contributed by atoms with E-state index in [4.69, 9.17) is 14.7 Å². The zero-order valence-electron chi connectivity index (χ0n) is 53.2. The molecule has 0 fully saturated rings. The molecule has 2 N–H and O–H groups in total. The van der Waals surface area contributed by atoms with E-state index < -0.39 is 0 Å². The molecule has 6 heterocycles. The van der Waals surface area contributed by atoms with Crippen molar-refractivity contribution in [2.75, 3.05) is 47.5 Å². The number of halogens is 6. The van der Waals surface area contributed by atoms with Gasteiger partial charge in [0, 0.05) is 113 Å². The number of carbonyl (C=O) groups is 3. The summed E-state index contributed by atoms with van der Waals surface area (Å²) in [5.41, 5.74) is 9.94. The van der Waals surface area contributed by atoms with Gasteiger partial charge < -0.3 is 24.2 Å². The molecule has 0 aliphatic heterocycles. The number of benzene rings is 2. The molecule has 0 saturated heterocycles. The molecule has 16 nitrogen and oxygen atoms in total. The van der Waals surface area contributed by atoms with E-state index in [-0.39, 0.29) is 41.8 Å². The molecule has 6 aromatic heterocycles. The van der Waals surface area contributed by atoms with Gasteiger partial charge in [-0.3, -0.25) is 19.6 Å². The van der Waals surface area contributed by atoms with Crippen LogP contribution in [-0.4, -0.2) is 85.8 Å². The molecule has 0 radical (unpaired) electrons. The van der Waals surface area contributed by atoms with Crippen LogP contribution in [0, 0.1) is 20.8 Å². The van der Waals surface area contributed by atoms with Crippen LogP contribution < -0.4 is 33.4 Å². The van der Waals surface area contributed by atoms with E-state index in [1.807, 2.05) is 111 Å². The number of hydrogen-bond acceptors (Lipinski definition) is 15. The first-order valence-electron chi connectivity index (χ1n) is 30.8. The van der Waals surface area contributed by atoms with E-state index in [1.165, 1.54) is 27.8 Å². The second-order valence-corrected chi connectivity index (χ2v) is 37.2. The number of pyridine rings is 6. The summed E-state index contributed by atoms with van der Waals surface area (Å²) in [6, 6.07) is 47.1. The van der Waals surface area contributed by atoms with Crippen LogP contribution in [0.4, 0.5) is 34.9 Å². The van der Waals surface area contributed by atoms with E-state index in [9.17, 15) is 14.4 Å². The fraction of sp³-hybridized carbons (Fsp3) is 0.357. The Labute approximate surface area is 615 Å². The molecule has 0 atom stereocenters. The van der Waals surface area contributed by atoms with Crippen molar-refractivity contribution in [3.63, 3.8) is 0 Å². The fourth-order valence-electron chi connectivity index (χ4n) is 9.60. The molecule has 8 rings (SSSR count). The molecule has 0 unspecified atom stereocenters. The first-order chi connectivity index (χ1) is 44.5. The third-order valence-corrected chi connectivity index (χ3v) is 14.0. The van der Waals surface area contributed by atoms with Crippen molar-refractivity contribution in [3.8, 4) is 22.3 Å². The molecule has 0 spiro atoms. The van der Waals surface area contributed by atoms with Gasteiger partial charge in [-0.1, -0.05) is 116 Å². The molecule has 8 aromatic rings. The number of nitrogens with one attached hydrogen (secondary N) is 1. The summed E-state index contributed by atoms with van der Waals surface area (Å²) >= 11 is 9.54. The zero-order chi connectivity index (χ0) is 65.7. The van der Waals surface area contributed by atoms with Gasteiger partial charge in [0.05, 0.1) is 13.2 Å². The van der Waals surface area contributed by atoms with Crippen molar-refractivity contribution in [2.45, 2.75) is 131 Å². The molecule has 496 valence electrons. The summed E-state index contributed by atoms with van der Waals surface area (Å²) < 4.78 is 9.94. The van der Waals surface area contributed by atoms with Gasteiger partial charge in [0.25, 0.3) is 0 Å². The first kappa shape index (κ1) is 81.7. The summed E-state index contributed by atoms with van der Waals surface area (Å²) in [7, 11) is 0. The van der Waals surface area contributed by atoms with Crippen molar-refractivity contribution in [1.82, 2.24) is 35.4 Å². The monoisotopic (exact) mass is 1930 g/mol. The Bertz CT molecular complexity index is 3280. The van der Waals surface area contributed by atoms with Crippen LogP contribution in [0.25, 0.3) is 22.3 Å². The second-order valence-electron chi connectivity index (χ2n) is 20.9. The van der Waals surface area contributed by atoms with Crippen LogP contribution in [0.1, 0.15) is 127 Å². The number of carbonyl (C=O) groups excluding carboxylic acids is 3. The predicted octanol–water partition coefficient (Wildman–Crippen LogP) is 16.8. The van der Waals surface area contributed by atoms with Crippen molar-refractivity contribution < 1.29 is 42.3 Å². The van der Waals surface area contributed by atoms with Gasteiger partial charge >= 0.3 is 62.4 Å². The summed E-state index contributed by atoms with van der Waals surface area (Å²) in [6.07, 6.45) is 23.8. The van der Waals surface area contributed by atoms with Crippen LogP contribution in [0.5, 0.6) is 0 Å². The number of nitrogens with zero attached hydrogens (tertiary/aromatic N) is 9. The third kappa shape index (κ3) is 32.8. The van der Waals surface area contributed by atoms with E-state index in [2.05, 4.69) is 207 Å². The molecule has 0 aliphatic rings. The Morgan fingerprint density at radius 1 is 0.413 bits per heavy atom. The Hall–Kier alpha value is -4.51. The number of anilines is 6. The molecule has 2 aromatic carbocycles. The number of aryl methyl sites for hydroxylation is 3. The molecular weight excluding hydrogens is 1840 g/mol. The Morgan fingerprint density at radius 3 is 1.08 bits per heavy atom. The molecule has 0 bridgehead atoms. The number of hydrogen-bond donors (Lipinski definition) is 2. The first-order valence-corrected chi connectivity index (χ1v) is 49.6. The van der Waals surface area contributed by atoms with Gasteiger partial charge in [-0.15, -0.1) is 24.0 Å². The number of rotatable bonds is 31. The summed E-state index contributed by atoms with van der Waals surface area (Å²) in [6.45, 7) is 13.3. The van der Waals surface area contributed by atoms with Gasteiger partial charge in [-0.25, -0.2) is 35.4 Å². The van der Waals surface area contributed by atoms with E-state index in [1.54, 1.807) is 17.9 Å². The quantitative estimate of drug-likeness (QED) is 0.0137. The van der Waals surface area contributed by atoms with Crippen molar-refractivity contribution in [3.05, 3.63) is 193 Å². The van der Waals surface area contributed by atoms with Crippen molar-refractivity contribution >= 4 is 151 Å². The Morgan fingerprint density at radius 2 is 0.739 bits per heavy atom. The second kappa shape index (κ2) is 50.9. The topological polar surface area (TPSA) is 189 Å². The van der Waals surface area contributed by atoms with Gasteiger partial charge in [-0.2, -0.15) is 0 Å². The number of unbranched alkanes of at least 4 members (excludes halogenated alkanes) is 9. The van der Waals surface area contributed by atoms with E-state index in [0.29, 0.717) is 45.7 Å². The Balaban J connectivity index is 0.000000348. The number of amides is 1. The predicted molar refractivity (Wildman–Crippen MR) is 415 cm³/mol. The zero-order valence-corrected chi connectivity index (χ0v) is 66.3. The maximum atomic E-state index is 11.5. The van der Waals surface area contributed by atoms with Crippen LogP contribution in [0.2, 0.25) is 0 Å². The van der Waals surface area contributed by atoms with Crippen LogP contribution in [-0.2, 0) is 23.9 Å². The summed E-state index contributed by atoms with van der Waals surface area (Å²) in [5, 5.41) is 8.56. The third-order valence-electron chi connectivity index (χ3n) is 14.0. The number of aromatic nitrogens is 6. The minimum absolute atomic E-state index is 0. The number of ether oxygens (including phenoxy) is 2. The fourth-order valence-corrected chi connectivity index (χ4v) is 9.60. The SMILES string of the molecule is CCOC(=O)CCCCCCN(c1ccccn1)c1cc(-c2cccc(C)c2)ccn1.CCOC(=O)CCCCCCN(c1ccccn1)c1cc(C)ccn1.Cc1cccc(-c2ccnc(N(CCCCCCC(=O)NO)c3ccccn3)c2)c1.I.II.I[I-]I. The average molecular weight is 1930 g/mol. The number of hydroxylamine groups is 1. The van der Waals surface area contributed by atoms with Gasteiger partial charge in [-0.05, 0) is 174 Å². The molecule has 0 saturated carbocycles. The number of esters is 2. The summed E-state index contributed by atoms with van der Waals surface area (Å²) in [4.78, 5) is 67.7. The Kier molecular flexibility index (Phi) is 45.2. The van der Waals surface area contributed by atoms with Gasteiger partial charge in [0.2, 0.25) is 5.91 Å². The van der Waals surface area contributed by atoms with Crippen molar-refractivity contribution in [2.24, 2.45) is 0 Å². The maximum absolute atomic E-state index is 11.5.